The summed E-state index contributed by atoms with van der Waals surface area (Å²) in [6, 6.07) is 18.7. The fourth-order valence-corrected chi connectivity index (χ4v) is 5.22. The van der Waals surface area contributed by atoms with Crippen molar-refractivity contribution in [2.24, 2.45) is 0 Å². The molecule has 2 amide bonds. The number of carbonyl (C=O) groups excluding carboxylic acids is 1. The van der Waals surface area contributed by atoms with Crippen LogP contribution >= 0.6 is 0 Å². The van der Waals surface area contributed by atoms with Crippen LogP contribution in [-0.4, -0.2) is 63.3 Å². The first-order valence-electron chi connectivity index (χ1n) is 13.3. The summed E-state index contributed by atoms with van der Waals surface area (Å²) in [5.41, 5.74) is 10.7. The van der Waals surface area contributed by atoms with Gasteiger partial charge in [0, 0.05) is 74.0 Å². The van der Waals surface area contributed by atoms with E-state index in [9.17, 15) is 4.79 Å². The standard InChI is InChI=1S/C31H33N7O/c1-5-38-19-27(29(35-38)21-8-10-24(11-9-21)33-31(39)36(2)3)25-12-14-32-30-26(25)17-28(34-30)22-7-6-20-13-15-37(4)18-23(20)16-22/h6-12,14,16-17,19H,5,13,15,18H2,1-4H3,(H,32,34)(H,33,39). The van der Waals surface area contributed by atoms with Crippen molar-refractivity contribution in [2.45, 2.75) is 26.4 Å². The van der Waals surface area contributed by atoms with Crippen molar-refractivity contribution in [3.8, 4) is 33.6 Å². The normalized spacial score (nSPS) is 13.4. The molecule has 0 fully saturated rings. The van der Waals surface area contributed by atoms with Crippen LogP contribution in [0, 0.1) is 0 Å². The maximum absolute atomic E-state index is 12.1. The Balaban J connectivity index is 1.39. The molecular formula is C31H33N7O. The molecule has 0 spiro atoms. The third-order valence-corrected chi connectivity index (χ3v) is 7.44. The Bertz CT molecular complexity index is 1660. The Kier molecular flexibility index (Phi) is 6.40. The first-order valence-corrected chi connectivity index (χ1v) is 13.3. The van der Waals surface area contributed by atoms with Gasteiger partial charge in [0.05, 0.1) is 0 Å². The molecule has 2 N–H and O–H groups in total. The van der Waals surface area contributed by atoms with Crippen LogP contribution in [0.1, 0.15) is 18.1 Å². The number of H-pyrrole nitrogens is 1. The minimum atomic E-state index is -0.160. The smallest absolute Gasteiger partial charge is 0.321 e. The number of benzene rings is 2. The van der Waals surface area contributed by atoms with Gasteiger partial charge in [-0.2, -0.15) is 5.10 Å². The van der Waals surface area contributed by atoms with Crippen LogP contribution in [0.5, 0.6) is 0 Å². The zero-order chi connectivity index (χ0) is 27.1. The Morgan fingerprint density at radius 2 is 1.82 bits per heavy atom. The third kappa shape index (κ3) is 4.79. The number of rotatable bonds is 5. The van der Waals surface area contributed by atoms with Crippen LogP contribution in [0.4, 0.5) is 10.5 Å². The number of nitrogens with zero attached hydrogens (tertiary/aromatic N) is 5. The van der Waals surface area contributed by atoms with Gasteiger partial charge in [0.15, 0.2) is 0 Å². The number of urea groups is 1. The summed E-state index contributed by atoms with van der Waals surface area (Å²) in [7, 11) is 5.62. The Morgan fingerprint density at radius 1 is 1.03 bits per heavy atom. The van der Waals surface area contributed by atoms with Crippen molar-refractivity contribution in [2.75, 3.05) is 33.0 Å². The number of carbonyl (C=O) groups is 1. The molecule has 0 bridgehead atoms. The summed E-state index contributed by atoms with van der Waals surface area (Å²) >= 11 is 0. The van der Waals surface area contributed by atoms with E-state index in [0.29, 0.717) is 0 Å². The number of anilines is 1. The molecule has 3 aromatic heterocycles. The van der Waals surface area contributed by atoms with Gasteiger partial charge in [0.25, 0.3) is 0 Å². The molecule has 8 heteroatoms. The summed E-state index contributed by atoms with van der Waals surface area (Å²) in [4.78, 5) is 24.1. The van der Waals surface area contributed by atoms with Gasteiger partial charge in [-0.05, 0) is 73.0 Å². The molecule has 6 rings (SSSR count). The molecule has 1 aliphatic rings. The monoisotopic (exact) mass is 519 g/mol. The highest BCUT2D eigenvalue weighted by Gasteiger charge is 2.19. The summed E-state index contributed by atoms with van der Waals surface area (Å²) in [5.74, 6) is 0. The van der Waals surface area contributed by atoms with Crippen LogP contribution in [0.3, 0.4) is 0 Å². The Labute approximate surface area is 228 Å². The van der Waals surface area contributed by atoms with Crippen LogP contribution in [0.2, 0.25) is 0 Å². The first kappa shape index (κ1) is 24.9. The van der Waals surface area contributed by atoms with Gasteiger partial charge in [0.2, 0.25) is 0 Å². The number of hydrogen-bond acceptors (Lipinski definition) is 4. The highest BCUT2D eigenvalue weighted by atomic mass is 16.2. The second-order valence-electron chi connectivity index (χ2n) is 10.4. The van der Waals surface area contributed by atoms with Crippen LogP contribution < -0.4 is 5.32 Å². The van der Waals surface area contributed by atoms with E-state index < -0.39 is 0 Å². The highest BCUT2D eigenvalue weighted by Crippen LogP contribution is 2.37. The van der Waals surface area contributed by atoms with Crippen molar-refractivity contribution in [3.63, 3.8) is 0 Å². The van der Waals surface area contributed by atoms with Crippen LogP contribution in [0.15, 0.2) is 67.0 Å². The number of pyridine rings is 1. The number of amides is 2. The van der Waals surface area contributed by atoms with E-state index in [1.807, 2.05) is 35.1 Å². The van der Waals surface area contributed by atoms with Crippen LogP contribution in [0.25, 0.3) is 44.7 Å². The number of fused-ring (bicyclic) bond motifs is 2. The zero-order valence-electron chi connectivity index (χ0n) is 22.8. The number of nitrogens with one attached hydrogen (secondary N) is 2. The van der Waals surface area contributed by atoms with Gasteiger partial charge in [0.1, 0.15) is 11.3 Å². The van der Waals surface area contributed by atoms with Crippen molar-refractivity contribution in [3.05, 3.63) is 78.1 Å². The molecule has 5 aromatic rings. The third-order valence-electron chi connectivity index (χ3n) is 7.44. The first-order chi connectivity index (χ1) is 18.9. The van der Waals surface area contributed by atoms with E-state index in [2.05, 4.69) is 70.7 Å². The molecule has 0 unspecified atom stereocenters. The SMILES string of the molecule is CCn1cc(-c2ccnc3[nH]c(-c4ccc5c(c4)CN(C)CC5)cc23)c(-c2ccc(NC(=O)N(C)C)cc2)n1. The van der Waals surface area contributed by atoms with E-state index in [4.69, 9.17) is 5.10 Å². The lowest BCUT2D eigenvalue weighted by molar-refractivity contribution is 0.230. The lowest BCUT2D eigenvalue weighted by Crippen LogP contribution is -2.27. The van der Waals surface area contributed by atoms with E-state index in [-0.39, 0.29) is 6.03 Å². The van der Waals surface area contributed by atoms with Gasteiger partial charge in [-0.1, -0.05) is 24.3 Å². The molecule has 0 saturated carbocycles. The largest absolute Gasteiger partial charge is 0.339 e. The lowest BCUT2D eigenvalue weighted by atomic mass is 9.96. The number of aromatic amines is 1. The summed E-state index contributed by atoms with van der Waals surface area (Å²) in [6.07, 6.45) is 5.05. The summed E-state index contributed by atoms with van der Waals surface area (Å²) < 4.78 is 1.96. The number of aryl methyl sites for hydroxylation is 1. The predicted octanol–water partition coefficient (Wildman–Crippen LogP) is 5.86. The number of likely N-dealkylation sites (N-methyl/N-ethyl adjacent to an activating group) is 1. The average molecular weight is 520 g/mol. The van der Waals surface area contributed by atoms with E-state index >= 15 is 0 Å². The molecule has 39 heavy (non-hydrogen) atoms. The minimum Gasteiger partial charge on any atom is -0.339 e. The predicted molar refractivity (Wildman–Crippen MR) is 157 cm³/mol. The molecule has 0 radical (unpaired) electrons. The fourth-order valence-electron chi connectivity index (χ4n) is 5.22. The Hall–Kier alpha value is -4.43. The molecule has 0 aliphatic carbocycles. The van der Waals surface area contributed by atoms with Crippen LogP contribution in [-0.2, 0) is 19.5 Å². The van der Waals surface area contributed by atoms with Crippen molar-refractivity contribution in [1.29, 1.82) is 0 Å². The van der Waals surface area contributed by atoms with Gasteiger partial charge in [-0.25, -0.2) is 9.78 Å². The quantitative estimate of drug-likeness (QED) is 0.305. The molecule has 8 nitrogen and oxygen atoms in total. The minimum absolute atomic E-state index is 0.160. The van der Waals surface area contributed by atoms with Gasteiger partial charge in [-0.15, -0.1) is 0 Å². The Morgan fingerprint density at radius 3 is 2.59 bits per heavy atom. The number of aromatic nitrogens is 4. The molecule has 198 valence electrons. The van der Waals surface area contributed by atoms with Crippen molar-refractivity contribution in [1.82, 2.24) is 29.5 Å². The molecule has 4 heterocycles. The van der Waals surface area contributed by atoms with E-state index in [0.717, 1.165) is 70.9 Å². The second kappa shape index (κ2) is 10.0. The highest BCUT2D eigenvalue weighted by molar-refractivity contribution is 5.99. The van der Waals surface area contributed by atoms with Crippen molar-refractivity contribution >= 4 is 22.8 Å². The molecule has 2 aromatic carbocycles. The fraction of sp³-hybridized carbons (Fsp3) is 0.258. The molecule has 0 saturated heterocycles. The van der Waals surface area contributed by atoms with Crippen molar-refractivity contribution < 1.29 is 4.79 Å². The van der Waals surface area contributed by atoms with E-state index in [1.165, 1.54) is 21.6 Å². The maximum Gasteiger partial charge on any atom is 0.321 e. The summed E-state index contributed by atoms with van der Waals surface area (Å²) in [5, 5.41) is 8.86. The van der Waals surface area contributed by atoms with Gasteiger partial charge >= 0.3 is 6.03 Å². The van der Waals surface area contributed by atoms with Gasteiger partial charge in [-0.3, -0.25) is 4.68 Å². The van der Waals surface area contributed by atoms with Gasteiger partial charge < -0.3 is 20.1 Å². The summed E-state index contributed by atoms with van der Waals surface area (Å²) in [6.45, 7) is 4.93. The molecule has 1 aliphatic heterocycles. The second-order valence-corrected chi connectivity index (χ2v) is 10.4. The average Bonchev–Trinajstić information content (AvgIpc) is 3.58. The zero-order valence-corrected chi connectivity index (χ0v) is 22.8. The van der Waals surface area contributed by atoms with E-state index in [1.54, 1.807) is 14.1 Å². The topological polar surface area (TPSA) is 82.1 Å². The number of hydrogen-bond donors (Lipinski definition) is 2. The maximum atomic E-state index is 12.1. The molecular weight excluding hydrogens is 486 g/mol. The molecule has 0 atom stereocenters. The lowest BCUT2D eigenvalue weighted by Gasteiger charge is -2.25.